The second kappa shape index (κ2) is 5.03. The zero-order chi connectivity index (χ0) is 12.4. The van der Waals surface area contributed by atoms with E-state index in [-0.39, 0.29) is 0 Å². The molecule has 3 heteroatoms. The number of aryl methyl sites for hydroxylation is 1. The quantitative estimate of drug-likeness (QED) is 0.844. The van der Waals surface area contributed by atoms with Gasteiger partial charge in [0.25, 0.3) is 0 Å². The van der Waals surface area contributed by atoms with E-state index in [1.54, 1.807) is 0 Å². The zero-order valence-electron chi connectivity index (χ0n) is 11.4. The van der Waals surface area contributed by atoms with Crippen LogP contribution in [0.2, 0.25) is 0 Å². The summed E-state index contributed by atoms with van der Waals surface area (Å²) in [7, 11) is 0. The van der Waals surface area contributed by atoms with E-state index in [4.69, 9.17) is 4.98 Å². The smallest absolute Gasteiger partial charge is 0.134 e. The van der Waals surface area contributed by atoms with Crippen molar-refractivity contribution in [2.75, 3.05) is 11.9 Å². The van der Waals surface area contributed by atoms with E-state index in [2.05, 4.69) is 38.0 Å². The Bertz CT molecular complexity index is 395. The van der Waals surface area contributed by atoms with Crippen molar-refractivity contribution in [1.29, 1.82) is 0 Å². The monoisotopic (exact) mass is 233 g/mol. The summed E-state index contributed by atoms with van der Waals surface area (Å²) in [6, 6.07) is 0. The summed E-state index contributed by atoms with van der Waals surface area (Å²) in [5.41, 5.74) is 2.43. The molecule has 3 nitrogen and oxygen atoms in total. The van der Waals surface area contributed by atoms with E-state index >= 15 is 0 Å². The highest BCUT2D eigenvalue weighted by atomic mass is 15.0. The highest BCUT2D eigenvalue weighted by molar-refractivity contribution is 5.48. The fourth-order valence-corrected chi connectivity index (χ4v) is 2.20. The summed E-state index contributed by atoms with van der Waals surface area (Å²) >= 11 is 0. The number of nitrogens with zero attached hydrogens (tertiary/aromatic N) is 2. The predicted octanol–water partition coefficient (Wildman–Crippen LogP) is 3.61. The molecule has 17 heavy (non-hydrogen) atoms. The molecule has 0 atom stereocenters. The van der Waals surface area contributed by atoms with Crippen LogP contribution in [0.5, 0.6) is 0 Å². The van der Waals surface area contributed by atoms with Crippen LogP contribution in [0.25, 0.3) is 0 Å². The maximum Gasteiger partial charge on any atom is 0.134 e. The molecule has 0 aromatic carbocycles. The Labute approximate surface area is 104 Å². The molecule has 1 fully saturated rings. The normalized spacial score (nSPS) is 15.4. The highest BCUT2D eigenvalue weighted by Crippen LogP contribution is 2.39. The summed E-state index contributed by atoms with van der Waals surface area (Å²) in [5, 5.41) is 3.46. The first-order valence-corrected chi connectivity index (χ1v) is 6.75. The maximum absolute atomic E-state index is 4.73. The minimum absolute atomic E-state index is 0.475. The van der Waals surface area contributed by atoms with Crippen LogP contribution in [0.1, 0.15) is 69.0 Å². The lowest BCUT2D eigenvalue weighted by Gasteiger charge is -2.16. The van der Waals surface area contributed by atoms with Crippen molar-refractivity contribution in [2.24, 2.45) is 0 Å². The lowest BCUT2D eigenvalue weighted by Crippen LogP contribution is -2.11. The van der Waals surface area contributed by atoms with Crippen molar-refractivity contribution in [3.05, 3.63) is 17.1 Å². The van der Waals surface area contributed by atoms with Crippen LogP contribution < -0.4 is 5.32 Å². The fourth-order valence-electron chi connectivity index (χ4n) is 2.20. The van der Waals surface area contributed by atoms with Gasteiger partial charge < -0.3 is 5.32 Å². The molecule has 0 unspecified atom stereocenters. The SMILES string of the molecule is CCCNc1nc(C2CC2)nc(C)c1C(C)C. The third kappa shape index (κ3) is 2.76. The third-order valence-electron chi connectivity index (χ3n) is 3.22. The Morgan fingerprint density at radius 2 is 2.00 bits per heavy atom. The van der Waals surface area contributed by atoms with Gasteiger partial charge in [-0.15, -0.1) is 0 Å². The van der Waals surface area contributed by atoms with Crippen LogP contribution in [-0.4, -0.2) is 16.5 Å². The molecular formula is C14H23N3. The lowest BCUT2D eigenvalue weighted by atomic mass is 10.0. The first kappa shape index (κ1) is 12.3. The van der Waals surface area contributed by atoms with Crippen molar-refractivity contribution in [2.45, 2.75) is 58.8 Å². The summed E-state index contributed by atoms with van der Waals surface area (Å²) in [6.45, 7) is 9.69. The van der Waals surface area contributed by atoms with Crippen LogP contribution in [0.4, 0.5) is 5.82 Å². The molecule has 1 aliphatic rings. The van der Waals surface area contributed by atoms with Crippen LogP contribution >= 0.6 is 0 Å². The lowest BCUT2D eigenvalue weighted by molar-refractivity contribution is 0.799. The molecule has 2 rings (SSSR count). The highest BCUT2D eigenvalue weighted by Gasteiger charge is 2.28. The number of rotatable bonds is 5. The van der Waals surface area contributed by atoms with Gasteiger partial charge in [-0.3, -0.25) is 0 Å². The Hall–Kier alpha value is -1.12. The number of nitrogens with one attached hydrogen (secondary N) is 1. The Morgan fingerprint density at radius 3 is 2.53 bits per heavy atom. The van der Waals surface area contributed by atoms with Gasteiger partial charge >= 0.3 is 0 Å². The van der Waals surface area contributed by atoms with Crippen molar-refractivity contribution < 1.29 is 0 Å². The number of hydrogen-bond acceptors (Lipinski definition) is 3. The average Bonchev–Trinajstić information content (AvgIpc) is 3.08. The molecule has 1 aromatic rings. The second-order valence-electron chi connectivity index (χ2n) is 5.29. The summed E-state index contributed by atoms with van der Waals surface area (Å²) in [4.78, 5) is 9.41. The van der Waals surface area contributed by atoms with E-state index < -0.39 is 0 Å². The van der Waals surface area contributed by atoms with Crippen LogP contribution in [0, 0.1) is 6.92 Å². The van der Waals surface area contributed by atoms with Gasteiger partial charge in [-0.05, 0) is 32.1 Å². The Morgan fingerprint density at radius 1 is 1.29 bits per heavy atom. The Balaban J connectivity index is 2.34. The molecule has 0 saturated heterocycles. The molecule has 0 radical (unpaired) electrons. The molecule has 0 aliphatic heterocycles. The molecule has 0 amide bonds. The van der Waals surface area contributed by atoms with Gasteiger partial charge in [0.2, 0.25) is 0 Å². The van der Waals surface area contributed by atoms with Gasteiger partial charge in [0.05, 0.1) is 0 Å². The van der Waals surface area contributed by atoms with Gasteiger partial charge in [-0.25, -0.2) is 9.97 Å². The van der Waals surface area contributed by atoms with Crippen LogP contribution in [0.3, 0.4) is 0 Å². The van der Waals surface area contributed by atoms with Gasteiger partial charge in [0.1, 0.15) is 11.6 Å². The molecule has 1 heterocycles. The molecule has 0 bridgehead atoms. The van der Waals surface area contributed by atoms with Gasteiger partial charge in [0, 0.05) is 23.7 Å². The standard InChI is InChI=1S/C14H23N3/c1-5-8-15-14-12(9(2)3)10(4)16-13(17-14)11-6-7-11/h9,11H,5-8H2,1-4H3,(H,15,16,17). The zero-order valence-corrected chi connectivity index (χ0v) is 11.4. The summed E-state index contributed by atoms with van der Waals surface area (Å²) in [6.07, 6.45) is 3.64. The largest absolute Gasteiger partial charge is 0.370 e. The van der Waals surface area contributed by atoms with Gasteiger partial charge in [0.15, 0.2) is 0 Å². The first-order chi connectivity index (χ1) is 8.13. The first-order valence-electron chi connectivity index (χ1n) is 6.75. The number of hydrogen-bond donors (Lipinski definition) is 1. The molecule has 94 valence electrons. The number of aromatic nitrogens is 2. The van der Waals surface area contributed by atoms with Crippen molar-refractivity contribution >= 4 is 5.82 Å². The summed E-state index contributed by atoms with van der Waals surface area (Å²) < 4.78 is 0. The fraction of sp³-hybridized carbons (Fsp3) is 0.714. The van der Waals surface area contributed by atoms with Gasteiger partial charge in [-0.1, -0.05) is 20.8 Å². The molecule has 1 aliphatic carbocycles. The van der Waals surface area contributed by atoms with E-state index in [1.165, 1.54) is 18.4 Å². The van der Waals surface area contributed by atoms with Crippen molar-refractivity contribution in [1.82, 2.24) is 9.97 Å². The molecule has 1 aromatic heterocycles. The number of anilines is 1. The van der Waals surface area contributed by atoms with Crippen molar-refractivity contribution in [3.8, 4) is 0 Å². The minimum atomic E-state index is 0.475. The van der Waals surface area contributed by atoms with Gasteiger partial charge in [-0.2, -0.15) is 0 Å². The second-order valence-corrected chi connectivity index (χ2v) is 5.29. The third-order valence-corrected chi connectivity index (χ3v) is 3.22. The topological polar surface area (TPSA) is 37.8 Å². The van der Waals surface area contributed by atoms with E-state index in [9.17, 15) is 0 Å². The molecule has 1 saturated carbocycles. The predicted molar refractivity (Wildman–Crippen MR) is 71.6 cm³/mol. The maximum atomic E-state index is 4.73. The average molecular weight is 233 g/mol. The van der Waals surface area contributed by atoms with E-state index in [1.807, 2.05) is 0 Å². The van der Waals surface area contributed by atoms with Crippen LogP contribution in [0.15, 0.2) is 0 Å². The van der Waals surface area contributed by atoms with Crippen LogP contribution in [-0.2, 0) is 0 Å². The van der Waals surface area contributed by atoms with E-state index in [0.717, 1.165) is 30.3 Å². The minimum Gasteiger partial charge on any atom is -0.370 e. The Kier molecular flexibility index (Phi) is 3.65. The molecular weight excluding hydrogens is 210 g/mol. The van der Waals surface area contributed by atoms with E-state index in [0.29, 0.717) is 11.8 Å². The molecule has 1 N–H and O–H groups in total. The van der Waals surface area contributed by atoms with Crippen molar-refractivity contribution in [3.63, 3.8) is 0 Å². The summed E-state index contributed by atoms with van der Waals surface area (Å²) in [5.74, 6) is 3.21. The molecule has 0 spiro atoms.